The van der Waals surface area contributed by atoms with Gasteiger partial charge in [-0.15, -0.1) is 10.2 Å². The lowest BCUT2D eigenvalue weighted by Gasteiger charge is -2.33. The molecule has 0 fully saturated rings. The Kier molecular flexibility index (Phi) is 15.0. The quantitative estimate of drug-likeness (QED) is 0.132. The van der Waals surface area contributed by atoms with Crippen molar-refractivity contribution in [2.75, 3.05) is 20.8 Å². The summed E-state index contributed by atoms with van der Waals surface area (Å²) in [5.74, 6) is -1.53. The number of amides is 4. The molecular weight excluding hydrogens is 632 g/mol. The molecule has 15 nitrogen and oxygen atoms in total. The second kappa shape index (κ2) is 19.1. The van der Waals surface area contributed by atoms with Crippen molar-refractivity contribution in [3.05, 3.63) is 78.4 Å². The average Bonchev–Trinajstić information content (AvgIpc) is 3.64. The molecule has 0 aliphatic carbocycles. The van der Waals surface area contributed by atoms with Crippen molar-refractivity contribution in [2.45, 2.75) is 71.3 Å². The van der Waals surface area contributed by atoms with Crippen LogP contribution in [0.3, 0.4) is 0 Å². The lowest BCUT2D eigenvalue weighted by atomic mass is 9.98. The van der Waals surface area contributed by atoms with Crippen LogP contribution >= 0.6 is 0 Å². The molecule has 0 bridgehead atoms. The maximum atomic E-state index is 13.7. The third kappa shape index (κ3) is 11.9. The molecule has 0 aliphatic heterocycles. The normalized spacial score (nSPS) is 14.2. The molecule has 4 amide bonds. The van der Waals surface area contributed by atoms with E-state index in [1.807, 2.05) is 68.4 Å². The molecule has 1 aromatic heterocycles. The minimum absolute atomic E-state index is 0.112. The number of hydrazine groups is 1. The summed E-state index contributed by atoms with van der Waals surface area (Å²) in [6.07, 6.45) is 1.29. The van der Waals surface area contributed by atoms with Gasteiger partial charge in [-0.25, -0.2) is 14.6 Å². The molecule has 0 radical (unpaired) electrons. The molecular formula is C34H48N8O7. The number of aliphatic hydroxyl groups is 1. The van der Waals surface area contributed by atoms with E-state index in [2.05, 4.69) is 31.6 Å². The number of hydrogen-bond acceptors (Lipinski definition) is 10. The lowest BCUT2D eigenvalue weighted by molar-refractivity contribution is -0.131. The molecule has 0 saturated carbocycles. The summed E-state index contributed by atoms with van der Waals surface area (Å²) in [5, 5.41) is 29.1. The van der Waals surface area contributed by atoms with E-state index in [4.69, 9.17) is 9.47 Å². The molecule has 3 aromatic rings. The molecule has 5 N–H and O–H groups in total. The number of ether oxygens (including phenoxy) is 2. The van der Waals surface area contributed by atoms with Crippen molar-refractivity contribution in [1.82, 2.24) is 41.1 Å². The maximum absolute atomic E-state index is 13.7. The Morgan fingerprint density at radius 3 is 1.96 bits per heavy atom. The number of aliphatic hydroxyl groups excluding tert-OH is 1. The van der Waals surface area contributed by atoms with Crippen molar-refractivity contribution in [1.29, 1.82) is 0 Å². The zero-order chi connectivity index (χ0) is 35.9. The largest absolute Gasteiger partial charge is 0.453 e. The number of carbonyl (C=O) groups excluding carboxylic acids is 4. The van der Waals surface area contributed by atoms with Gasteiger partial charge in [0.05, 0.1) is 26.4 Å². The van der Waals surface area contributed by atoms with Crippen LogP contribution in [0, 0.1) is 11.8 Å². The SMILES string of the molecule is CC[C@H](C)[C@H](NC(=O)OC)C(=O)NN(Cc1ccc(-n2cnnc2)cc1)C[C@H](O)[C@H](Cc1ccccc1)NC(=O)[C@@H](NC(=O)OC)C(C)C. The van der Waals surface area contributed by atoms with Gasteiger partial charge in [-0.3, -0.25) is 19.6 Å². The van der Waals surface area contributed by atoms with Gasteiger partial charge in [-0.05, 0) is 41.5 Å². The summed E-state index contributed by atoms with van der Waals surface area (Å²) in [4.78, 5) is 51.3. The van der Waals surface area contributed by atoms with Gasteiger partial charge in [-0.1, -0.05) is 76.6 Å². The molecule has 15 heteroatoms. The second-order valence-electron chi connectivity index (χ2n) is 12.1. The van der Waals surface area contributed by atoms with E-state index in [-0.39, 0.29) is 31.3 Å². The van der Waals surface area contributed by atoms with E-state index in [0.29, 0.717) is 6.42 Å². The topological polar surface area (TPSA) is 189 Å². The monoisotopic (exact) mass is 680 g/mol. The Morgan fingerprint density at radius 1 is 0.816 bits per heavy atom. The Bertz CT molecular complexity index is 1470. The van der Waals surface area contributed by atoms with E-state index in [1.54, 1.807) is 36.1 Å². The standard InChI is InChI=1S/C34H48N8O7/c1-7-23(4)30(39-34(47)49-6)32(45)40-42(18-25-13-15-26(16-14-25)41-20-35-36-21-41)19-28(43)27(17-24-11-9-8-10-12-24)37-31(44)29(22(2)3)38-33(46)48-5/h8-16,20-23,27-30,43H,7,17-19H2,1-6H3,(H,37,44)(H,38,46)(H,39,47)(H,40,45)/t23-,27-,28-,29-,30-/m0/s1. The number of nitrogens with one attached hydrogen (secondary N) is 4. The van der Waals surface area contributed by atoms with Crippen molar-refractivity contribution in [3.63, 3.8) is 0 Å². The Labute approximate surface area is 286 Å². The highest BCUT2D eigenvalue weighted by atomic mass is 16.5. The van der Waals surface area contributed by atoms with Gasteiger partial charge in [-0.2, -0.15) is 0 Å². The first-order valence-electron chi connectivity index (χ1n) is 16.2. The number of rotatable bonds is 17. The van der Waals surface area contributed by atoms with Crippen LogP contribution in [-0.2, 0) is 32.0 Å². The smallest absolute Gasteiger partial charge is 0.407 e. The van der Waals surface area contributed by atoms with Crippen LogP contribution in [0.1, 0.15) is 45.2 Å². The van der Waals surface area contributed by atoms with Crippen LogP contribution in [0.15, 0.2) is 67.3 Å². The van der Waals surface area contributed by atoms with Gasteiger partial charge >= 0.3 is 12.2 Å². The van der Waals surface area contributed by atoms with Gasteiger partial charge < -0.3 is 30.5 Å². The highest BCUT2D eigenvalue weighted by molar-refractivity contribution is 5.86. The zero-order valence-corrected chi connectivity index (χ0v) is 28.8. The van der Waals surface area contributed by atoms with Gasteiger partial charge in [0.15, 0.2) is 0 Å². The van der Waals surface area contributed by atoms with Crippen molar-refractivity contribution < 1.29 is 33.8 Å². The van der Waals surface area contributed by atoms with E-state index < -0.39 is 48.2 Å². The molecule has 0 aliphatic rings. The Morgan fingerprint density at radius 2 is 1.41 bits per heavy atom. The fraction of sp³-hybridized carbons (Fsp3) is 0.471. The summed E-state index contributed by atoms with van der Waals surface area (Å²) in [5.41, 5.74) is 5.37. The minimum atomic E-state index is -1.21. The van der Waals surface area contributed by atoms with Crippen LogP contribution in [0.2, 0.25) is 0 Å². The average molecular weight is 681 g/mol. The molecule has 0 spiro atoms. The Hall–Kier alpha value is -5.02. The second-order valence-corrected chi connectivity index (χ2v) is 12.1. The zero-order valence-electron chi connectivity index (χ0n) is 28.8. The third-order valence-corrected chi connectivity index (χ3v) is 8.16. The van der Waals surface area contributed by atoms with Crippen LogP contribution in [0.4, 0.5) is 9.59 Å². The molecule has 0 saturated heterocycles. The van der Waals surface area contributed by atoms with E-state index in [0.717, 1.165) is 16.8 Å². The predicted octanol–water partition coefficient (Wildman–Crippen LogP) is 2.34. The number of alkyl carbamates (subject to hydrolysis) is 2. The highest BCUT2D eigenvalue weighted by Gasteiger charge is 2.32. The van der Waals surface area contributed by atoms with Gasteiger partial charge in [0.25, 0.3) is 5.91 Å². The van der Waals surface area contributed by atoms with Gasteiger partial charge in [0.2, 0.25) is 5.91 Å². The molecule has 266 valence electrons. The van der Waals surface area contributed by atoms with E-state index in [1.165, 1.54) is 14.2 Å². The molecule has 49 heavy (non-hydrogen) atoms. The van der Waals surface area contributed by atoms with Crippen LogP contribution < -0.4 is 21.4 Å². The molecule has 2 aromatic carbocycles. The minimum Gasteiger partial charge on any atom is -0.453 e. The first-order chi connectivity index (χ1) is 23.4. The number of nitrogens with zero attached hydrogens (tertiary/aromatic N) is 4. The summed E-state index contributed by atoms with van der Waals surface area (Å²) >= 11 is 0. The maximum Gasteiger partial charge on any atom is 0.407 e. The predicted molar refractivity (Wildman–Crippen MR) is 181 cm³/mol. The van der Waals surface area contributed by atoms with Crippen molar-refractivity contribution in [2.24, 2.45) is 11.8 Å². The Balaban J connectivity index is 1.91. The highest BCUT2D eigenvalue weighted by Crippen LogP contribution is 2.15. The fourth-order valence-electron chi connectivity index (χ4n) is 5.09. The van der Waals surface area contributed by atoms with Crippen LogP contribution in [0.5, 0.6) is 0 Å². The number of carbonyl (C=O) groups is 4. The number of hydrogen-bond donors (Lipinski definition) is 5. The summed E-state index contributed by atoms with van der Waals surface area (Å²) in [6.45, 7) is 7.36. The summed E-state index contributed by atoms with van der Waals surface area (Å²) < 4.78 is 11.2. The number of aromatic nitrogens is 3. The third-order valence-electron chi connectivity index (χ3n) is 8.16. The fourth-order valence-corrected chi connectivity index (χ4v) is 5.09. The van der Waals surface area contributed by atoms with Crippen molar-refractivity contribution >= 4 is 24.0 Å². The molecule has 1 heterocycles. The number of benzene rings is 2. The summed E-state index contributed by atoms with van der Waals surface area (Å²) in [6, 6.07) is 14.1. The van der Waals surface area contributed by atoms with Crippen LogP contribution in [-0.4, -0.2) is 93.9 Å². The molecule has 0 unspecified atom stereocenters. The first-order valence-corrected chi connectivity index (χ1v) is 16.2. The molecule has 5 atom stereocenters. The van der Waals surface area contributed by atoms with E-state index >= 15 is 0 Å². The van der Waals surface area contributed by atoms with Gasteiger partial charge in [0.1, 0.15) is 24.7 Å². The number of methoxy groups -OCH3 is 2. The van der Waals surface area contributed by atoms with Crippen LogP contribution in [0.25, 0.3) is 5.69 Å². The first kappa shape index (κ1) is 38.4. The lowest BCUT2D eigenvalue weighted by Crippen LogP contribution is -2.59. The van der Waals surface area contributed by atoms with Crippen molar-refractivity contribution in [3.8, 4) is 5.69 Å². The van der Waals surface area contributed by atoms with Gasteiger partial charge in [0, 0.05) is 18.8 Å². The summed E-state index contributed by atoms with van der Waals surface area (Å²) in [7, 11) is 2.43. The molecule has 3 rings (SSSR count). The van der Waals surface area contributed by atoms with E-state index in [9.17, 15) is 24.3 Å².